The second-order valence-electron chi connectivity index (χ2n) is 5.05. The normalized spacial score (nSPS) is 12.7. The van der Waals surface area contributed by atoms with Gasteiger partial charge in [0.15, 0.2) is 0 Å². The lowest BCUT2D eigenvalue weighted by Crippen LogP contribution is -2.40. The number of sulfonamides is 1. The van der Waals surface area contributed by atoms with Crippen LogP contribution < -0.4 is 4.72 Å². The third kappa shape index (κ3) is 4.89. The van der Waals surface area contributed by atoms with E-state index in [1.165, 1.54) is 0 Å². The molecule has 0 unspecified atom stereocenters. The third-order valence-electron chi connectivity index (χ3n) is 2.78. The van der Waals surface area contributed by atoms with E-state index in [2.05, 4.69) is 4.72 Å². The Balaban J connectivity index is 3.01. The first-order valence-corrected chi connectivity index (χ1v) is 8.21. The van der Waals surface area contributed by atoms with Crippen molar-refractivity contribution in [1.29, 1.82) is 0 Å². The van der Waals surface area contributed by atoms with Crippen LogP contribution in [0.4, 0.5) is 4.39 Å². The number of ether oxygens (including phenoxy) is 1. The standard InChI is InChI=1S/C13H19ClFNO4S/c1-4-20-13(2,3)8-16-21(18,19)10-5-9(7-17)12(14)11(15)6-10/h5-6,16-17H,4,7-8H2,1-3H3. The lowest BCUT2D eigenvalue weighted by molar-refractivity contribution is -0.00515. The average Bonchev–Trinajstić information content (AvgIpc) is 2.39. The van der Waals surface area contributed by atoms with E-state index in [1.807, 2.05) is 0 Å². The Morgan fingerprint density at radius 3 is 2.57 bits per heavy atom. The van der Waals surface area contributed by atoms with Gasteiger partial charge in [-0.1, -0.05) is 11.6 Å². The van der Waals surface area contributed by atoms with Gasteiger partial charge in [-0.3, -0.25) is 0 Å². The lowest BCUT2D eigenvalue weighted by atomic mass is 10.1. The summed E-state index contributed by atoms with van der Waals surface area (Å²) < 4.78 is 45.6. The van der Waals surface area contributed by atoms with Crippen molar-refractivity contribution in [3.05, 3.63) is 28.5 Å². The van der Waals surface area contributed by atoms with Gasteiger partial charge in [0.1, 0.15) is 5.82 Å². The molecule has 1 aromatic carbocycles. The van der Waals surface area contributed by atoms with Crippen LogP contribution in [0, 0.1) is 5.82 Å². The minimum absolute atomic E-state index is 0.0149. The molecule has 1 rings (SSSR count). The van der Waals surface area contributed by atoms with Gasteiger partial charge in [-0.05, 0) is 32.9 Å². The van der Waals surface area contributed by atoms with Crippen LogP contribution in [-0.2, 0) is 21.4 Å². The Kier molecular flexibility index (Phi) is 6.12. The minimum Gasteiger partial charge on any atom is -0.392 e. The molecule has 0 radical (unpaired) electrons. The summed E-state index contributed by atoms with van der Waals surface area (Å²) in [7, 11) is -3.92. The fourth-order valence-electron chi connectivity index (χ4n) is 1.68. The van der Waals surface area contributed by atoms with Crippen LogP contribution in [0.15, 0.2) is 17.0 Å². The van der Waals surface area contributed by atoms with Crippen LogP contribution in [-0.4, -0.2) is 32.3 Å². The van der Waals surface area contributed by atoms with Crippen LogP contribution in [0.25, 0.3) is 0 Å². The number of rotatable bonds is 7. The molecule has 0 aromatic heterocycles. The Morgan fingerprint density at radius 1 is 1.43 bits per heavy atom. The zero-order chi connectivity index (χ0) is 16.3. The van der Waals surface area contributed by atoms with Gasteiger partial charge in [-0.2, -0.15) is 0 Å². The molecule has 0 spiro atoms. The molecule has 2 N–H and O–H groups in total. The van der Waals surface area contributed by atoms with E-state index < -0.39 is 28.0 Å². The summed E-state index contributed by atoms with van der Waals surface area (Å²) in [6.07, 6.45) is 0. The molecule has 0 bridgehead atoms. The molecule has 21 heavy (non-hydrogen) atoms. The number of aliphatic hydroxyl groups excluding tert-OH is 1. The Labute approximate surface area is 129 Å². The molecular formula is C13H19ClFNO4S. The van der Waals surface area contributed by atoms with Crippen molar-refractivity contribution in [2.45, 2.75) is 37.9 Å². The minimum atomic E-state index is -3.92. The Morgan fingerprint density at radius 2 is 2.05 bits per heavy atom. The fourth-order valence-corrected chi connectivity index (χ4v) is 3.11. The van der Waals surface area contributed by atoms with Crippen molar-refractivity contribution in [2.75, 3.05) is 13.2 Å². The van der Waals surface area contributed by atoms with Crippen molar-refractivity contribution in [1.82, 2.24) is 4.72 Å². The molecule has 0 heterocycles. The van der Waals surface area contributed by atoms with Gasteiger partial charge in [0.2, 0.25) is 10.0 Å². The Hall–Kier alpha value is -0.730. The number of aliphatic hydroxyl groups is 1. The van der Waals surface area contributed by atoms with Crippen molar-refractivity contribution in [3.63, 3.8) is 0 Å². The average molecular weight is 340 g/mol. The molecule has 0 atom stereocenters. The predicted octanol–water partition coefficient (Wildman–Crippen LogP) is 2.06. The van der Waals surface area contributed by atoms with Gasteiger partial charge in [0.25, 0.3) is 0 Å². The summed E-state index contributed by atoms with van der Waals surface area (Å²) in [5, 5.41) is 8.79. The van der Waals surface area contributed by atoms with Crippen LogP contribution >= 0.6 is 11.6 Å². The van der Waals surface area contributed by atoms with Gasteiger partial charge in [0, 0.05) is 18.7 Å². The quantitative estimate of drug-likeness (QED) is 0.797. The molecule has 120 valence electrons. The molecule has 1 aromatic rings. The first-order chi connectivity index (χ1) is 9.63. The topological polar surface area (TPSA) is 75.6 Å². The summed E-state index contributed by atoms with van der Waals surface area (Å²) >= 11 is 5.64. The molecule has 0 saturated heterocycles. The number of benzene rings is 1. The largest absolute Gasteiger partial charge is 0.392 e. The highest BCUT2D eigenvalue weighted by atomic mass is 35.5. The highest BCUT2D eigenvalue weighted by molar-refractivity contribution is 7.89. The van der Waals surface area contributed by atoms with E-state index in [1.54, 1.807) is 20.8 Å². The van der Waals surface area contributed by atoms with E-state index in [9.17, 15) is 12.8 Å². The molecule has 0 amide bonds. The molecule has 0 aliphatic carbocycles. The number of hydrogen-bond acceptors (Lipinski definition) is 4. The monoisotopic (exact) mass is 339 g/mol. The number of nitrogens with one attached hydrogen (secondary N) is 1. The summed E-state index contributed by atoms with van der Waals surface area (Å²) in [6.45, 7) is 5.20. The van der Waals surface area contributed by atoms with Gasteiger partial charge >= 0.3 is 0 Å². The van der Waals surface area contributed by atoms with E-state index >= 15 is 0 Å². The smallest absolute Gasteiger partial charge is 0.240 e. The molecule has 0 fully saturated rings. The van der Waals surface area contributed by atoms with E-state index in [0.29, 0.717) is 6.61 Å². The molecule has 8 heteroatoms. The van der Waals surface area contributed by atoms with Gasteiger partial charge in [-0.25, -0.2) is 17.5 Å². The van der Waals surface area contributed by atoms with E-state index in [-0.39, 0.29) is 22.0 Å². The molecule has 0 saturated carbocycles. The molecule has 0 aliphatic rings. The summed E-state index contributed by atoms with van der Waals surface area (Å²) in [4.78, 5) is -0.291. The second-order valence-corrected chi connectivity index (χ2v) is 7.20. The predicted molar refractivity (Wildman–Crippen MR) is 78.2 cm³/mol. The third-order valence-corrected chi connectivity index (χ3v) is 4.58. The molecule has 0 aliphatic heterocycles. The SMILES string of the molecule is CCOC(C)(C)CNS(=O)(=O)c1cc(F)c(Cl)c(CO)c1. The number of halogens is 2. The van der Waals surface area contributed by atoms with Crippen molar-refractivity contribution in [3.8, 4) is 0 Å². The van der Waals surface area contributed by atoms with Crippen molar-refractivity contribution < 1.29 is 22.7 Å². The molecular weight excluding hydrogens is 321 g/mol. The van der Waals surface area contributed by atoms with Crippen molar-refractivity contribution >= 4 is 21.6 Å². The van der Waals surface area contributed by atoms with Crippen LogP contribution in [0.1, 0.15) is 26.3 Å². The van der Waals surface area contributed by atoms with Gasteiger partial charge in [0.05, 0.1) is 22.1 Å². The summed E-state index contributed by atoms with van der Waals surface area (Å²) in [6, 6.07) is 1.96. The second kappa shape index (κ2) is 7.02. The van der Waals surface area contributed by atoms with E-state index in [4.69, 9.17) is 21.4 Å². The van der Waals surface area contributed by atoms with E-state index in [0.717, 1.165) is 12.1 Å². The van der Waals surface area contributed by atoms with Gasteiger partial charge in [-0.15, -0.1) is 0 Å². The maximum atomic E-state index is 13.6. The Bertz CT molecular complexity index is 604. The lowest BCUT2D eigenvalue weighted by Gasteiger charge is -2.24. The van der Waals surface area contributed by atoms with Gasteiger partial charge < -0.3 is 9.84 Å². The summed E-state index contributed by atoms with van der Waals surface area (Å²) in [5.41, 5.74) is -0.673. The maximum Gasteiger partial charge on any atom is 0.240 e. The van der Waals surface area contributed by atoms with Crippen LogP contribution in [0.2, 0.25) is 5.02 Å². The highest BCUT2D eigenvalue weighted by Gasteiger charge is 2.24. The zero-order valence-electron chi connectivity index (χ0n) is 12.1. The first-order valence-electron chi connectivity index (χ1n) is 6.35. The summed E-state index contributed by atoms with van der Waals surface area (Å²) in [5.74, 6) is -0.896. The number of hydrogen-bond donors (Lipinski definition) is 2. The van der Waals surface area contributed by atoms with Crippen LogP contribution in [0.5, 0.6) is 0 Å². The first kappa shape index (κ1) is 18.3. The van der Waals surface area contributed by atoms with Crippen LogP contribution in [0.3, 0.4) is 0 Å². The molecule has 5 nitrogen and oxygen atoms in total. The zero-order valence-corrected chi connectivity index (χ0v) is 13.7. The van der Waals surface area contributed by atoms with Crippen molar-refractivity contribution in [2.24, 2.45) is 0 Å². The highest BCUT2D eigenvalue weighted by Crippen LogP contribution is 2.24. The fraction of sp³-hybridized carbons (Fsp3) is 0.538. The maximum absolute atomic E-state index is 13.6.